The van der Waals surface area contributed by atoms with Crippen molar-refractivity contribution in [3.05, 3.63) is 12.2 Å². The first-order valence-electron chi connectivity index (χ1n) is 7.07. The molecule has 0 bridgehead atoms. The van der Waals surface area contributed by atoms with Crippen LogP contribution < -0.4 is 11.1 Å². The van der Waals surface area contributed by atoms with Gasteiger partial charge in [-0.3, -0.25) is 9.89 Å². The van der Waals surface area contributed by atoms with Crippen LogP contribution in [0.25, 0.3) is 0 Å². The average Bonchev–Trinajstić information content (AvgIpc) is 2.90. The molecule has 0 aliphatic heterocycles. The van der Waals surface area contributed by atoms with Crippen LogP contribution in [0.3, 0.4) is 0 Å². The fourth-order valence-corrected chi connectivity index (χ4v) is 2.17. The van der Waals surface area contributed by atoms with E-state index in [0.717, 1.165) is 31.5 Å². The molecule has 0 spiro atoms. The number of rotatable bonds is 10. The zero-order chi connectivity index (χ0) is 13.9. The summed E-state index contributed by atoms with van der Waals surface area (Å²) in [5.41, 5.74) is 5.58. The van der Waals surface area contributed by atoms with Crippen molar-refractivity contribution in [1.29, 1.82) is 0 Å². The third kappa shape index (κ3) is 6.91. The molecule has 108 valence electrons. The van der Waals surface area contributed by atoms with E-state index in [2.05, 4.69) is 27.4 Å². The Labute approximate surface area is 114 Å². The Morgan fingerprint density at radius 3 is 2.95 bits per heavy atom. The van der Waals surface area contributed by atoms with Gasteiger partial charge in [-0.25, -0.2) is 4.98 Å². The average molecular weight is 267 g/mol. The molecule has 1 unspecified atom stereocenters. The molecule has 1 heterocycles. The molecule has 0 aromatic carbocycles. The molecule has 1 amide bonds. The minimum atomic E-state index is 0.109. The van der Waals surface area contributed by atoms with Gasteiger partial charge < -0.3 is 11.1 Å². The Morgan fingerprint density at radius 2 is 2.32 bits per heavy atom. The van der Waals surface area contributed by atoms with Gasteiger partial charge >= 0.3 is 0 Å². The summed E-state index contributed by atoms with van der Waals surface area (Å²) in [7, 11) is 0. The third-order valence-corrected chi connectivity index (χ3v) is 3.20. The Bertz CT molecular complexity index is 333. The van der Waals surface area contributed by atoms with Crippen molar-refractivity contribution in [1.82, 2.24) is 20.5 Å². The minimum absolute atomic E-state index is 0.109. The highest BCUT2D eigenvalue weighted by Gasteiger charge is 2.09. The van der Waals surface area contributed by atoms with E-state index in [-0.39, 0.29) is 5.91 Å². The highest BCUT2D eigenvalue weighted by Crippen LogP contribution is 2.16. The van der Waals surface area contributed by atoms with Gasteiger partial charge in [0.05, 0.1) is 0 Å². The number of H-pyrrole nitrogens is 1. The van der Waals surface area contributed by atoms with E-state index in [1.165, 1.54) is 6.33 Å². The quantitative estimate of drug-likeness (QED) is 0.589. The summed E-state index contributed by atoms with van der Waals surface area (Å²) in [6.07, 6.45) is 6.99. The Morgan fingerprint density at radius 1 is 1.47 bits per heavy atom. The van der Waals surface area contributed by atoms with Crippen molar-refractivity contribution >= 4 is 5.91 Å². The lowest BCUT2D eigenvalue weighted by atomic mass is 9.94. The molecule has 19 heavy (non-hydrogen) atoms. The molecule has 1 aromatic heterocycles. The van der Waals surface area contributed by atoms with Gasteiger partial charge in [0.15, 0.2) is 0 Å². The van der Waals surface area contributed by atoms with E-state index < -0.39 is 0 Å². The number of amides is 1. The van der Waals surface area contributed by atoms with E-state index in [9.17, 15) is 4.79 Å². The normalized spacial score (nSPS) is 12.3. The summed E-state index contributed by atoms with van der Waals surface area (Å²) in [6.45, 7) is 3.47. The molecule has 4 N–H and O–H groups in total. The third-order valence-electron chi connectivity index (χ3n) is 3.20. The number of hydrogen-bond acceptors (Lipinski definition) is 4. The number of carbonyl (C=O) groups is 1. The maximum Gasteiger partial charge on any atom is 0.220 e. The molecule has 1 aromatic rings. The first-order chi connectivity index (χ1) is 9.26. The van der Waals surface area contributed by atoms with E-state index in [0.29, 0.717) is 31.8 Å². The van der Waals surface area contributed by atoms with Crippen LogP contribution in [-0.2, 0) is 11.2 Å². The van der Waals surface area contributed by atoms with Crippen molar-refractivity contribution in [2.24, 2.45) is 11.7 Å². The molecule has 0 saturated carbocycles. The van der Waals surface area contributed by atoms with Gasteiger partial charge in [0.2, 0.25) is 5.91 Å². The van der Waals surface area contributed by atoms with E-state index in [1.807, 2.05) is 0 Å². The van der Waals surface area contributed by atoms with Crippen LogP contribution in [0.4, 0.5) is 0 Å². The number of carbonyl (C=O) groups excluding carboxylic acids is 1. The maximum atomic E-state index is 11.7. The van der Waals surface area contributed by atoms with Crippen molar-refractivity contribution in [3.63, 3.8) is 0 Å². The summed E-state index contributed by atoms with van der Waals surface area (Å²) < 4.78 is 0. The van der Waals surface area contributed by atoms with E-state index >= 15 is 0 Å². The fourth-order valence-electron chi connectivity index (χ4n) is 2.17. The minimum Gasteiger partial charge on any atom is -0.356 e. The van der Waals surface area contributed by atoms with Gasteiger partial charge in [-0.15, -0.1) is 0 Å². The van der Waals surface area contributed by atoms with Crippen LogP contribution in [-0.4, -0.2) is 34.2 Å². The van der Waals surface area contributed by atoms with E-state index in [1.54, 1.807) is 0 Å². The number of aromatic amines is 1. The molecule has 6 heteroatoms. The molecule has 0 saturated heterocycles. The lowest BCUT2D eigenvalue weighted by molar-refractivity contribution is -0.121. The maximum absolute atomic E-state index is 11.7. The smallest absolute Gasteiger partial charge is 0.220 e. The largest absolute Gasteiger partial charge is 0.356 e. The van der Waals surface area contributed by atoms with Crippen molar-refractivity contribution in [2.75, 3.05) is 13.1 Å². The van der Waals surface area contributed by atoms with Crippen molar-refractivity contribution in [3.8, 4) is 0 Å². The van der Waals surface area contributed by atoms with Crippen LogP contribution >= 0.6 is 0 Å². The standard InChI is InChI=1S/C13H25N5O/c1-2-3-11(6-8-14)4-5-13(19)15-9-7-12-16-10-17-18-12/h10-11H,2-9,14H2,1H3,(H,15,19)(H,16,17,18). The van der Waals surface area contributed by atoms with Crippen LogP contribution in [0.1, 0.15) is 44.9 Å². The summed E-state index contributed by atoms with van der Waals surface area (Å²) in [4.78, 5) is 15.7. The zero-order valence-electron chi connectivity index (χ0n) is 11.7. The molecular formula is C13H25N5O. The summed E-state index contributed by atoms with van der Waals surface area (Å²) >= 11 is 0. The predicted molar refractivity (Wildman–Crippen MR) is 74.4 cm³/mol. The fraction of sp³-hybridized carbons (Fsp3) is 0.769. The van der Waals surface area contributed by atoms with Crippen LogP contribution in [0.2, 0.25) is 0 Å². The number of nitrogens with two attached hydrogens (primary N) is 1. The SMILES string of the molecule is CCCC(CCN)CCC(=O)NCCc1ncn[nH]1. The van der Waals surface area contributed by atoms with Crippen LogP contribution in [0.15, 0.2) is 6.33 Å². The lowest BCUT2D eigenvalue weighted by Gasteiger charge is -2.14. The second-order valence-corrected chi connectivity index (χ2v) is 4.80. The summed E-state index contributed by atoms with van der Waals surface area (Å²) in [5, 5.41) is 9.43. The molecular weight excluding hydrogens is 242 g/mol. The van der Waals surface area contributed by atoms with Gasteiger partial charge in [0.25, 0.3) is 0 Å². The number of nitrogens with zero attached hydrogens (tertiary/aromatic N) is 2. The lowest BCUT2D eigenvalue weighted by Crippen LogP contribution is -2.26. The Balaban J connectivity index is 2.12. The molecule has 1 rings (SSSR count). The monoisotopic (exact) mass is 267 g/mol. The molecule has 0 aliphatic carbocycles. The first kappa shape index (κ1) is 15.6. The topological polar surface area (TPSA) is 96.7 Å². The Kier molecular flexibility index (Phi) is 7.81. The second kappa shape index (κ2) is 9.49. The number of aromatic nitrogens is 3. The molecule has 1 atom stereocenters. The van der Waals surface area contributed by atoms with E-state index in [4.69, 9.17) is 5.73 Å². The van der Waals surface area contributed by atoms with Gasteiger partial charge in [-0.1, -0.05) is 19.8 Å². The molecule has 0 aliphatic rings. The highest BCUT2D eigenvalue weighted by atomic mass is 16.1. The van der Waals surface area contributed by atoms with Gasteiger partial charge in [-0.2, -0.15) is 5.10 Å². The van der Waals surface area contributed by atoms with Gasteiger partial charge in [-0.05, 0) is 25.3 Å². The number of nitrogens with one attached hydrogen (secondary N) is 2. The highest BCUT2D eigenvalue weighted by molar-refractivity contribution is 5.75. The van der Waals surface area contributed by atoms with Crippen LogP contribution in [0.5, 0.6) is 0 Å². The summed E-state index contributed by atoms with van der Waals surface area (Å²) in [5.74, 6) is 1.49. The predicted octanol–water partition coefficient (Wildman–Crippen LogP) is 1.01. The Hall–Kier alpha value is -1.43. The summed E-state index contributed by atoms with van der Waals surface area (Å²) in [6, 6.07) is 0. The van der Waals surface area contributed by atoms with Gasteiger partial charge in [0, 0.05) is 19.4 Å². The van der Waals surface area contributed by atoms with Crippen molar-refractivity contribution in [2.45, 2.75) is 45.4 Å². The van der Waals surface area contributed by atoms with Gasteiger partial charge in [0.1, 0.15) is 12.2 Å². The molecule has 6 nitrogen and oxygen atoms in total. The second-order valence-electron chi connectivity index (χ2n) is 4.80. The zero-order valence-corrected chi connectivity index (χ0v) is 11.7. The molecule has 0 fully saturated rings. The molecule has 0 radical (unpaired) electrons. The first-order valence-corrected chi connectivity index (χ1v) is 7.07. The van der Waals surface area contributed by atoms with Crippen LogP contribution in [0, 0.1) is 5.92 Å². The number of hydrogen-bond donors (Lipinski definition) is 3. The van der Waals surface area contributed by atoms with Crippen molar-refractivity contribution < 1.29 is 4.79 Å².